The van der Waals surface area contributed by atoms with Crippen LogP contribution in [0, 0.1) is 11.2 Å². The van der Waals surface area contributed by atoms with Crippen LogP contribution in [0.15, 0.2) is 16.6 Å². The zero-order valence-corrected chi connectivity index (χ0v) is 15.6. The average Bonchev–Trinajstić information content (AvgIpc) is 2.72. The highest BCUT2D eigenvalue weighted by Crippen LogP contribution is 2.56. The highest BCUT2D eigenvalue weighted by atomic mass is 79.9. The zero-order chi connectivity index (χ0) is 15.0. The molecule has 21 heavy (non-hydrogen) atoms. The molecular weight excluding hydrogens is 422 g/mol. The van der Waals surface area contributed by atoms with E-state index in [1.54, 1.807) is 6.07 Å². The van der Waals surface area contributed by atoms with Crippen molar-refractivity contribution in [3.63, 3.8) is 0 Å². The molecule has 5 heteroatoms. The average molecular weight is 441 g/mol. The first kappa shape index (κ1) is 16.1. The van der Waals surface area contributed by atoms with Crippen molar-refractivity contribution in [2.45, 2.75) is 55.9 Å². The van der Waals surface area contributed by atoms with Crippen LogP contribution in [0.4, 0.5) is 4.39 Å². The van der Waals surface area contributed by atoms with Crippen molar-refractivity contribution in [2.24, 2.45) is 5.41 Å². The molecule has 0 N–H and O–H groups in total. The van der Waals surface area contributed by atoms with Gasteiger partial charge in [0.15, 0.2) is 0 Å². The summed E-state index contributed by atoms with van der Waals surface area (Å²) in [6.07, 6.45) is 8.69. The van der Waals surface area contributed by atoms with E-state index in [1.165, 1.54) is 44.6 Å². The van der Waals surface area contributed by atoms with Gasteiger partial charge in [-0.2, -0.15) is 0 Å². The van der Waals surface area contributed by atoms with E-state index >= 15 is 0 Å². The summed E-state index contributed by atoms with van der Waals surface area (Å²) in [4.78, 5) is 0.518. The molecule has 2 aliphatic carbocycles. The van der Waals surface area contributed by atoms with Crippen molar-refractivity contribution in [3.05, 3.63) is 27.4 Å². The van der Waals surface area contributed by atoms with Gasteiger partial charge < -0.3 is 4.74 Å². The summed E-state index contributed by atoms with van der Waals surface area (Å²) in [6.45, 7) is 0. The molecule has 0 saturated heterocycles. The quantitative estimate of drug-likeness (QED) is 0.377. The van der Waals surface area contributed by atoms with Gasteiger partial charge in [0, 0.05) is 16.3 Å². The minimum atomic E-state index is -0.431. The first-order chi connectivity index (χ1) is 10.0. The van der Waals surface area contributed by atoms with E-state index in [2.05, 4.69) is 31.9 Å². The summed E-state index contributed by atoms with van der Waals surface area (Å²) < 4.78 is 20.5. The summed E-state index contributed by atoms with van der Waals surface area (Å²) in [5.41, 5.74) is 0.214. The van der Waals surface area contributed by atoms with E-state index in [0.29, 0.717) is 10.6 Å². The van der Waals surface area contributed by atoms with Gasteiger partial charge in [-0.1, -0.05) is 53.2 Å². The molecular formula is C16H18Br2ClFO. The molecule has 1 spiro atoms. The summed E-state index contributed by atoms with van der Waals surface area (Å²) in [5.74, 6) is 0.129. The molecule has 0 aromatic heterocycles. The SMILES string of the molecule is Fc1cc(OC2CC(Br)C23CCCCCC3)c(Br)cc1Cl. The molecule has 3 rings (SSSR count). The molecule has 1 aromatic rings. The Morgan fingerprint density at radius 3 is 2.48 bits per heavy atom. The van der Waals surface area contributed by atoms with Crippen LogP contribution in [0.2, 0.25) is 5.02 Å². The second-order valence-corrected chi connectivity index (χ2v) is 8.52. The fourth-order valence-corrected chi connectivity index (χ4v) is 5.46. The second kappa shape index (κ2) is 6.37. The van der Waals surface area contributed by atoms with E-state index < -0.39 is 5.82 Å². The van der Waals surface area contributed by atoms with Crippen molar-refractivity contribution in [2.75, 3.05) is 0 Å². The van der Waals surface area contributed by atoms with Crippen molar-refractivity contribution in [1.82, 2.24) is 0 Å². The Labute approximate surface area is 146 Å². The Bertz CT molecular complexity index is 529. The fourth-order valence-electron chi connectivity index (χ4n) is 3.63. The summed E-state index contributed by atoms with van der Waals surface area (Å²) in [7, 11) is 0. The largest absolute Gasteiger partial charge is 0.488 e. The fraction of sp³-hybridized carbons (Fsp3) is 0.625. The summed E-state index contributed by atoms with van der Waals surface area (Å²) >= 11 is 13.0. The van der Waals surface area contributed by atoms with E-state index in [4.69, 9.17) is 16.3 Å². The standard InChI is InChI=1S/C16H18Br2ClFO/c17-10-7-11(19)12(20)8-13(10)21-15-9-14(18)16(15)5-3-1-2-4-6-16/h7-8,14-15H,1-6,9H2. The number of benzene rings is 1. The summed E-state index contributed by atoms with van der Waals surface area (Å²) in [5, 5.41) is 0.116. The zero-order valence-electron chi connectivity index (χ0n) is 11.7. The smallest absolute Gasteiger partial charge is 0.145 e. The highest BCUT2D eigenvalue weighted by Gasteiger charge is 2.55. The summed E-state index contributed by atoms with van der Waals surface area (Å²) in [6, 6.07) is 2.95. The van der Waals surface area contributed by atoms with Crippen LogP contribution in [0.1, 0.15) is 44.9 Å². The molecule has 2 fully saturated rings. The van der Waals surface area contributed by atoms with Gasteiger partial charge in [-0.3, -0.25) is 0 Å². The minimum absolute atomic E-state index is 0.116. The van der Waals surface area contributed by atoms with Gasteiger partial charge in [0.05, 0.1) is 9.50 Å². The molecule has 2 saturated carbocycles. The number of ether oxygens (including phenoxy) is 1. The monoisotopic (exact) mass is 438 g/mol. The molecule has 116 valence electrons. The third-order valence-corrected chi connectivity index (χ3v) is 7.16. The molecule has 1 aromatic carbocycles. The maximum absolute atomic E-state index is 13.7. The van der Waals surface area contributed by atoms with Crippen molar-refractivity contribution >= 4 is 43.5 Å². The van der Waals surface area contributed by atoms with Crippen LogP contribution in [-0.4, -0.2) is 10.9 Å². The first-order valence-electron chi connectivity index (χ1n) is 7.48. The number of hydrogen-bond donors (Lipinski definition) is 0. The van der Waals surface area contributed by atoms with Crippen molar-refractivity contribution in [3.8, 4) is 5.75 Å². The van der Waals surface area contributed by atoms with Crippen LogP contribution < -0.4 is 4.74 Å². The van der Waals surface area contributed by atoms with Crippen molar-refractivity contribution < 1.29 is 9.13 Å². The van der Waals surface area contributed by atoms with E-state index in [0.717, 1.165) is 10.9 Å². The first-order valence-corrected chi connectivity index (χ1v) is 9.57. The van der Waals surface area contributed by atoms with Crippen LogP contribution in [0.25, 0.3) is 0 Å². The molecule has 0 radical (unpaired) electrons. The maximum atomic E-state index is 13.7. The number of alkyl halides is 1. The molecule has 2 atom stereocenters. The van der Waals surface area contributed by atoms with Gasteiger partial charge in [-0.25, -0.2) is 4.39 Å². The number of rotatable bonds is 2. The molecule has 0 bridgehead atoms. The predicted molar refractivity (Wildman–Crippen MR) is 91.0 cm³/mol. The Hall–Kier alpha value is 0.200. The van der Waals surface area contributed by atoms with E-state index in [9.17, 15) is 4.39 Å². The lowest BCUT2D eigenvalue weighted by atomic mass is 9.61. The van der Waals surface area contributed by atoms with Gasteiger partial charge in [-0.15, -0.1) is 0 Å². The maximum Gasteiger partial charge on any atom is 0.145 e. The lowest BCUT2D eigenvalue weighted by Gasteiger charge is -2.53. The van der Waals surface area contributed by atoms with Crippen LogP contribution in [0.3, 0.4) is 0 Å². The van der Waals surface area contributed by atoms with Crippen LogP contribution in [0.5, 0.6) is 5.75 Å². The van der Waals surface area contributed by atoms with Crippen LogP contribution >= 0.6 is 43.5 Å². The molecule has 2 aliphatic rings. The number of hydrogen-bond acceptors (Lipinski definition) is 1. The van der Waals surface area contributed by atoms with Crippen LogP contribution in [-0.2, 0) is 0 Å². The topological polar surface area (TPSA) is 9.23 Å². The lowest BCUT2D eigenvalue weighted by molar-refractivity contribution is -0.0467. The lowest BCUT2D eigenvalue weighted by Crippen LogP contribution is -2.56. The van der Waals surface area contributed by atoms with Gasteiger partial charge in [0.25, 0.3) is 0 Å². The van der Waals surface area contributed by atoms with E-state index in [-0.39, 0.29) is 16.5 Å². The van der Waals surface area contributed by atoms with Gasteiger partial charge in [0.1, 0.15) is 17.7 Å². The Morgan fingerprint density at radius 2 is 1.86 bits per heavy atom. The van der Waals surface area contributed by atoms with Gasteiger partial charge in [0.2, 0.25) is 0 Å². The van der Waals surface area contributed by atoms with E-state index in [1.807, 2.05) is 0 Å². The Morgan fingerprint density at radius 1 is 1.19 bits per heavy atom. The van der Waals surface area contributed by atoms with Crippen molar-refractivity contribution in [1.29, 1.82) is 0 Å². The third-order valence-electron chi connectivity index (χ3n) is 4.96. The Kier molecular flexibility index (Phi) is 4.87. The minimum Gasteiger partial charge on any atom is -0.488 e. The molecule has 0 amide bonds. The highest BCUT2D eigenvalue weighted by molar-refractivity contribution is 9.10. The van der Waals surface area contributed by atoms with Gasteiger partial charge in [-0.05, 0) is 41.3 Å². The number of halogens is 4. The second-order valence-electron chi connectivity index (χ2n) is 6.15. The molecule has 1 nitrogen and oxygen atoms in total. The molecule has 0 aliphatic heterocycles. The van der Waals surface area contributed by atoms with Gasteiger partial charge >= 0.3 is 0 Å². The third kappa shape index (κ3) is 3.00. The predicted octanol–water partition coefficient (Wildman–Crippen LogP) is 6.50. The molecule has 0 heterocycles. The Balaban J connectivity index is 1.80. The molecule has 2 unspecified atom stereocenters. The normalized spacial score (nSPS) is 28.0.